The Bertz CT molecular complexity index is 687. The second-order valence-electron chi connectivity index (χ2n) is 5.62. The molecule has 0 radical (unpaired) electrons. The van der Waals surface area contributed by atoms with Gasteiger partial charge in [0.05, 0.1) is 13.7 Å². The number of amides is 2. The molecule has 0 fully saturated rings. The molecular formula is C20H24N2O4. The third-order valence-corrected chi connectivity index (χ3v) is 3.69. The molecule has 0 unspecified atom stereocenters. The van der Waals surface area contributed by atoms with Crippen LogP contribution in [0.3, 0.4) is 0 Å². The maximum Gasteiger partial charge on any atom is 0.309 e. The molecule has 6 heteroatoms. The maximum atomic E-state index is 11.7. The molecule has 0 heterocycles. The zero-order chi connectivity index (χ0) is 18.6. The molecule has 0 aromatic heterocycles. The number of ether oxygens (including phenoxy) is 2. The van der Waals surface area contributed by atoms with Gasteiger partial charge in [-0.3, -0.25) is 9.59 Å². The van der Waals surface area contributed by atoms with Crippen molar-refractivity contribution in [3.8, 4) is 11.5 Å². The van der Waals surface area contributed by atoms with Crippen molar-refractivity contribution in [2.75, 3.05) is 26.8 Å². The molecule has 2 amide bonds. The Hall–Kier alpha value is -3.02. The van der Waals surface area contributed by atoms with Crippen LogP contribution in [-0.2, 0) is 16.0 Å². The Morgan fingerprint density at radius 2 is 1.46 bits per heavy atom. The van der Waals surface area contributed by atoms with Gasteiger partial charge in [0.2, 0.25) is 0 Å². The smallest absolute Gasteiger partial charge is 0.309 e. The predicted octanol–water partition coefficient (Wildman–Crippen LogP) is 1.94. The van der Waals surface area contributed by atoms with Crippen LogP contribution in [-0.4, -0.2) is 38.6 Å². The third kappa shape index (κ3) is 6.84. The van der Waals surface area contributed by atoms with Gasteiger partial charge in [0.25, 0.3) is 0 Å². The highest BCUT2D eigenvalue weighted by Crippen LogP contribution is 2.16. The Kier molecular flexibility index (Phi) is 7.99. The van der Waals surface area contributed by atoms with Crippen LogP contribution in [0, 0.1) is 0 Å². The number of carbonyl (C=O) groups is 2. The molecule has 6 nitrogen and oxygen atoms in total. The number of methoxy groups -OCH3 is 1. The summed E-state index contributed by atoms with van der Waals surface area (Å²) in [5.41, 5.74) is 1.21. The summed E-state index contributed by atoms with van der Waals surface area (Å²) in [6.07, 6.45) is 1.64. The zero-order valence-electron chi connectivity index (χ0n) is 14.9. The number of carbonyl (C=O) groups excluding carboxylic acids is 2. The molecule has 26 heavy (non-hydrogen) atoms. The van der Waals surface area contributed by atoms with Crippen LogP contribution in [0.5, 0.6) is 11.5 Å². The summed E-state index contributed by atoms with van der Waals surface area (Å²) in [7, 11) is 1.60. The molecule has 0 saturated heterocycles. The van der Waals surface area contributed by atoms with Crippen molar-refractivity contribution in [3.05, 3.63) is 60.2 Å². The number of nitrogens with one attached hydrogen (secondary N) is 2. The number of rotatable bonds is 9. The summed E-state index contributed by atoms with van der Waals surface area (Å²) in [6.45, 7) is 0.991. The van der Waals surface area contributed by atoms with Gasteiger partial charge in [0.1, 0.15) is 18.1 Å². The third-order valence-electron chi connectivity index (χ3n) is 3.69. The van der Waals surface area contributed by atoms with Crippen LogP contribution in [0.2, 0.25) is 0 Å². The molecule has 138 valence electrons. The summed E-state index contributed by atoms with van der Waals surface area (Å²) in [5, 5.41) is 5.15. The molecule has 0 aliphatic heterocycles. The highest BCUT2D eigenvalue weighted by Gasteiger charge is 2.11. The molecule has 2 aromatic rings. The maximum absolute atomic E-state index is 11.7. The molecule has 0 aliphatic rings. The topological polar surface area (TPSA) is 76.7 Å². The minimum absolute atomic E-state index is 0.252. The normalized spacial score (nSPS) is 10.0. The second-order valence-corrected chi connectivity index (χ2v) is 5.62. The van der Waals surface area contributed by atoms with E-state index in [0.717, 1.165) is 18.6 Å². The van der Waals surface area contributed by atoms with E-state index in [1.54, 1.807) is 31.4 Å². The first-order valence-electron chi connectivity index (χ1n) is 8.56. The van der Waals surface area contributed by atoms with E-state index >= 15 is 0 Å². The van der Waals surface area contributed by atoms with Gasteiger partial charge in [-0.1, -0.05) is 30.3 Å². The van der Waals surface area contributed by atoms with Crippen molar-refractivity contribution in [1.82, 2.24) is 10.6 Å². The van der Waals surface area contributed by atoms with E-state index in [2.05, 4.69) is 10.6 Å². The van der Waals surface area contributed by atoms with Crippen molar-refractivity contribution in [3.63, 3.8) is 0 Å². The van der Waals surface area contributed by atoms with E-state index in [-0.39, 0.29) is 13.2 Å². The largest absolute Gasteiger partial charge is 0.497 e. The second kappa shape index (κ2) is 10.8. The fourth-order valence-electron chi connectivity index (χ4n) is 2.31. The number of benzene rings is 2. The van der Waals surface area contributed by atoms with E-state index in [1.165, 1.54) is 5.56 Å². The minimum Gasteiger partial charge on any atom is -0.497 e. The summed E-state index contributed by atoms with van der Waals surface area (Å²) < 4.78 is 10.5. The molecule has 2 N–H and O–H groups in total. The van der Waals surface area contributed by atoms with Crippen molar-refractivity contribution in [2.24, 2.45) is 0 Å². The van der Waals surface area contributed by atoms with Crippen LogP contribution in [0.25, 0.3) is 0 Å². The quantitative estimate of drug-likeness (QED) is 0.532. The van der Waals surface area contributed by atoms with Crippen LogP contribution >= 0.6 is 0 Å². The summed E-state index contributed by atoms with van der Waals surface area (Å²) in [4.78, 5) is 23.4. The molecule has 0 spiro atoms. The van der Waals surface area contributed by atoms with Gasteiger partial charge in [-0.05, 0) is 42.7 Å². The number of aryl methyl sites for hydroxylation is 1. The zero-order valence-corrected chi connectivity index (χ0v) is 14.9. The average molecular weight is 356 g/mol. The Morgan fingerprint density at radius 1 is 0.846 bits per heavy atom. The average Bonchev–Trinajstić information content (AvgIpc) is 2.69. The lowest BCUT2D eigenvalue weighted by Crippen LogP contribution is -2.41. The summed E-state index contributed by atoms with van der Waals surface area (Å²) in [6, 6.07) is 17.1. The fourth-order valence-corrected chi connectivity index (χ4v) is 2.31. The Balaban J connectivity index is 1.56. The minimum atomic E-state index is -0.650. The predicted molar refractivity (Wildman–Crippen MR) is 99.3 cm³/mol. The van der Waals surface area contributed by atoms with Gasteiger partial charge in [0, 0.05) is 6.54 Å². The fraction of sp³-hybridized carbons (Fsp3) is 0.300. The van der Waals surface area contributed by atoms with Crippen LogP contribution < -0.4 is 20.1 Å². The molecule has 2 rings (SSSR count). The highest BCUT2D eigenvalue weighted by molar-refractivity contribution is 6.35. The van der Waals surface area contributed by atoms with Crippen molar-refractivity contribution in [1.29, 1.82) is 0 Å². The monoisotopic (exact) mass is 356 g/mol. The molecule has 0 bridgehead atoms. The highest BCUT2D eigenvalue weighted by atomic mass is 16.5. The standard InChI is InChI=1S/C20H24N2O4/c1-25-17-9-11-18(12-10-17)26-15-14-22-20(24)19(23)21-13-5-8-16-6-3-2-4-7-16/h2-4,6-7,9-12H,5,8,13-15H2,1H3,(H,21,23)(H,22,24). The first kappa shape index (κ1) is 19.3. The van der Waals surface area contributed by atoms with E-state index in [9.17, 15) is 9.59 Å². The molecule has 0 atom stereocenters. The number of hydrogen-bond donors (Lipinski definition) is 2. The molecule has 0 saturated carbocycles. The van der Waals surface area contributed by atoms with E-state index in [4.69, 9.17) is 9.47 Å². The van der Waals surface area contributed by atoms with Crippen molar-refractivity contribution < 1.29 is 19.1 Å². The van der Waals surface area contributed by atoms with Gasteiger partial charge in [-0.25, -0.2) is 0 Å². The van der Waals surface area contributed by atoms with E-state index in [1.807, 2.05) is 30.3 Å². The van der Waals surface area contributed by atoms with Crippen molar-refractivity contribution >= 4 is 11.8 Å². The Labute approximate surface area is 153 Å². The van der Waals surface area contributed by atoms with E-state index < -0.39 is 11.8 Å². The first-order chi connectivity index (χ1) is 12.7. The molecular weight excluding hydrogens is 332 g/mol. The summed E-state index contributed by atoms with van der Waals surface area (Å²) in [5.74, 6) is 0.144. The SMILES string of the molecule is COc1ccc(OCCNC(=O)C(=O)NCCCc2ccccc2)cc1. The lowest BCUT2D eigenvalue weighted by Gasteiger charge is -2.09. The van der Waals surface area contributed by atoms with Crippen LogP contribution in [0.4, 0.5) is 0 Å². The lowest BCUT2D eigenvalue weighted by molar-refractivity contribution is -0.139. The van der Waals surface area contributed by atoms with Crippen molar-refractivity contribution in [2.45, 2.75) is 12.8 Å². The summed E-state index contributed by atoms with van der Waals surface area (Å²) >= 11 is 0. The van der Waals surface area contributed by atoms with Crippen LogP contribution in [0.1, 0.15) is 12.0 Å². The van der Waals surface area contributed by atoms with Gasteiger partial charge >= 0.3 is 11.8 Å². The van der Waals surface area contributed by atoms with Gasteiger partial charge in [-0.15, -0.1) is 0 Å². The number of hydrogen-bond acceptors (Lipinski definition) is 4. The first-order valence-corrected chi connectivity index (χ1v) is 8.56. The Morgan fingerprint density at radius 3 is 2.12 bits per heavy atom. The lowest BCUT2D eigenvalue weighted by atomic mass is 10.1. The van der Waals surface area contributed by atoms with Gasteiger partial charge in [-0.2, -0.15) is 0 Å². The molecule has 2 aromatic carbocycles. The van der Waals surface area contributed by atoms with Gasteiger partial charge in [0.15, 0.2) is 0 Å². The van der Waals surface area contributed by atoms with Gasteiger partial charge < -0.3 is 20.1 Å². The molecule has 0 aliphatic carbocycles. The van der Waals surface area contributed by atoms with Crippen LogP contribution in [0.15, 0.2) is 54.6 Å². The van der Waals surface area contributed by atoms with E-state index in [0.29, 0.717) is 12.3 Å².